The minimum absolute atomic E-state index is 0.631. The van der Waals surface area contributed by atoms with E-state index in [1.807, 2.05) is 18.2 Å². The third kappa shape index (κ3) is 5.63. The summed E-state index contributed by atoms with van der Waals surface area (Å²) in [5.41, 5.74) is 9.77. The zero-order chi connectivity index (χ0) is 43.3. The van der Waals surface area contributed by atoms with Gasteiger partial charge in [0.25, 0.3) is 0 Å². The Hall–Kier alpha value is -8.93. The van der Waals surface area contributed by atoms with Crippen LogP contribution < -0.4 is 0 Å². The molecule has 0 atom stereocenters. The average Bonchev–Trinajstić information content (AvgIpc) is 3.89. The van der Waals surface area contributed by atoms with Crippen LogP contribution >= 0.6 is 0 Å². The Morgan fingerprint density at radius 3 is 1.50 bits per heavy atom. The molecule has 66 heavy (non-hydrogen) atoms. The van der Waals surface area contributed by atoms with Gasteiger partial charge in [-0.2, -0.15) is 0 Å². The summed E-state index contributed by atoms with van der Waals surface area (Å²) in [6.45, 7) is 0. The average molecular weight is 840 g/mol. The molecule has 0 aliphatic heterocycles. The van der Waals surface area contributed by atoms with Crippen molar-refractivity contribution in [3.05, 3.63) is 224 Å². The molecule has 14 aromatic rings. The van der Waals surface area contributed by atoms with E-state index in [0.717, 1.165) is 49.9 Å². The zero-order valence-electron chi connectivity index (χ0n) is 35.6. The van der Waals surface area contributed by atoms with Crippen LogP contribution in [-0.2, 0) is 0 Å². The fourth-order valence-electron chi connectivity index (χ4n) is 10.4. The van der Waals surface area contributed by atoms with Crippen molar-refractivity contribution in [1.82, 2.24) is 24.1 Å². The summed E-state index contributed by atoms with van der Waals surface area (Å²) >= 11 is 0. The molecule has 0 saturated carbocycles. The van der Waals surface area contributed by atoms with Gasteiger partial charge in [0.15, 0.2) is 17.5 Å². The van der Waals surface area contributed by atoms with Gasteiger partial charge >= 0.3 is 0 Å². The van der Waals surface area contributed by atoms with Crippen molar-refractivity contribution >= 4 is 86.7 Å². The van der Waals surface area contributed by atoms with Crippen LogP contribution in [0.1, 0.15) is 0 Å². The summed E-state index contributed by atoms with van der Waals surface area (Å²) in [4.78, 5) is 15.6. The molecule has 0 radical (unpaired) electrons. The normalized spacial score (nSPS) is 11.9. The van der Waals surface area contributed by atoms with Crippen LogP contribution in [0.5, 0.6) is 0 Å². The van der Waals surface area contributed by atoms with Crippen LogP contribution in [0.15, 0.2) is 224 Å². The summed E-state index contributed by atoms with van der Waals surface area (Å²) in [6, 6.07) is 80.6. The topological polar surface area (TPSA) is 48.5 Å². The number of aromatic nitrogens is 5. The molecule has 0 saturated heterocycles. The number of nitrogens with zero attached hydrogens (tertiary/aromatic N) is 5. The smallest absolute Gasteiger partial charge is 0.164 e. The van der Waals surface area contributed by atoms with Gasteiger partial charge in [-0.15, -0.1) is 0 Å². The van der Waals surface area contributed by atoms with E-state index in [1.165, 1.54) is 64.9 Å². The van der Waals surface area contributed by atoms with Gasteiger partial charge in [0.05, 0.1) is 22.1 Å². The first-order valence-corrected chi connectivity index (χ1v) is 22.4. The summed E-state index contributed by atoms with van der Waals surface area (Å²) < 4.78 is 4.81. The fraction of sp³-hybridized carbons (Fsp3) is 0. The van der Waals surface area contributed by atoms with Gasteiger partial charge < -0.3 is 9.13 Å². The Labute approximate surface area is 379 Å². The molecule has 0 N–H and O–H groups in total. The van der Waals surface area contributed by atoms with E-state index >= 15 is 0 Å². The first kappa shape index (κ1) is 36.5. The first-order valence-electron chi connectivity index (χ1n) is 22.4. The molecule has 11 aromatic carbocycles. The van der Waals surface area contributed by atoms with Crippen molar-refractivity contribution in [3.8, 4) is 45.5 Å². The highest BCUT2D eigenvalue weighted by atomic mass is 15.0. The van der Waals surface area contributed by atoms with Crippen molar-refractivity contribution in [2.75, 3.05) is 0 Å². The Kier molecular flexibility index (Phi) is 7.91. The Balaban J connectivity index is 0.946. The molecule has 0 aliphatic rings. The Morgan fingerprint density at radius 1 is 0.242 bits per heavy atom. The second-order valence-corrected chi connectivity index (χ2v) is 17.2. The van der Waals surface area contributed by atoms with E-state index in [1.54, 1.807) is 0 Å². The molecule has 0 unspecified atom stereocenters. The van der Waals surface area contributed by atoms with Gasteiger partial charge in [-0.05, 0) is 104 Å². The molecule has 3 heterocycles. The molecule has 0 fully saturated rings. The summed E-state index contributed by atoms with van der Waals surface area (Å²) in [5.74, 6) is 1.90. The van der Waals surface area contributed by atoms with Crippen LogP contribution in [0.4, 0.5) is 0 Å². The fourth-order valence-corrected chi connectivity index (χ4v) is 10.4. The van der Waals surface area contributed by atoms with E-state index in [9.17, 15) is 0 Å². The van der Waals surface area contributed by atoms with Gasteiger partial charge in [-0.1, -0.05) is 164 Å². The lowest BCUT2D eigenvalue weighted by atomic mass is 9.99. The van der Waals surface area contributed by atoms with E-state index in [-0.39, 0.29) is 0 Å². The van der Waals surface area contributed by atoms with Crippen molar-refractivity contribution < 1.29 is 0 Å². The van der Waals surface area contributed by atoms with Crippen molar-refractivity contribution in [2.24, 2.45) is 0 Å². The molecule has 306 valence electrons. The summed E-state index contributed by atoms with van der Waals surface area (Å²) in [5, 5.41) is 14.3. The molecule has 0 amide bonds. The van der Waals surface area contributed by atoms with E-state index in [2.05, 4.69) is 215 Å². The lowest BCUT2D eigenvalue weighted by Gasteiger charge is -2.14. The minimum atomic E-state index is 0.631. The van der Waals surface area contributed by atoms with Crippen LogP contribution in [0.2, 0.25) is 0 Å². The van der Waals surface area contributed by atoms with E-state index < -0.39 is 0 Å². The molecule has 14 rings (SSSR count). The van der Waals surface area contributed by atoms with Crippen molar-refractivity contribution in [2.45, 2.75) is 0 Å². The molecule has 0 bridgehead atoms. The summed E-state index contributed by atoms with van der Waals surface area (Å²) in [6.07, 6.45) is 0. The molecular weight excluding hydrogens is 803 g/mol. The SMILES string of the molecule is c1ccc(-c2nc(-c3ccc4ccc5ccccc5c4c3)nc(-c3cccc4ccc(-n5c6ccccc6c6cc7cc(-n8c9ccccc9c9ccccc98)ccc7cc65)cc34)n2)cc1. The molecular formula is C61H37N5. The molecule has 0 aliphatic carbocycles. The van der Waals surface area contributed by atoms with Crippen molar-refractivity contribution in [3.63, 3.8) is 0 Å². The quantitative estimate of drug-likeness (QED) is 0.162. The molecule has 0 spiro atoms. The maximum absolute atomic E-state index is 5.29. The van der Waals surface area contributed by atoms with Gasteiger partial charge in [0.2, 0.25) is 0 Å². The number of para-hydroxylation sites is 3. The highest BCUT2D eigenvalue weighted by Crippen LogP contribution is 2.39. The maximum Gasteiger partial charge on any atom is 0.164 e. The largest absolute Gasteiger partial charge is 0.309 e. The highest BCUT2D eigenvalue weighted by Gasteiger charge is 2.19. The lowest BCUT2D eigenvalue weighted by molar-refractivity contribution is 1.08. The monoisotopic (exact) mass is 839 g/mol. The highest BCUT2D eigenvalue weighted by molar-refractivity contribution is 6.15. The number of fused-ring (bicyclic) bond motifs is 11. The first-order chi connectivity index (χ1) is 32.7. The summed E-state index contributed by atoms with van der Waals surface area (Å²) in [7, 11) is 0. The van der Waals surface area contributed by atoms with E-state index in [4.69, 9.17) is 15.0 Å². The van der Waals surface area contributed by atoms with Gasteiger partial charge in [-0.3, -0.25) is 0 Å². The minimum Gasteiger partial charge on any atom is -0.309 e. The third-order valence-electron chi connectivity index (χ3n) is 13.5. The van der Waals surface area contributed by atoms with Crippen LogP contribution in [0, 0.1) is 0 Å². The van der Waals surface area contributed by atoms with Crippen molar-refractivity contribution in [1.29, 1.82) is 0 Å². The van der Waals surface area contributed by atoms with Crippen LogP contribution in [-0.4, -0.2) is 24.1 Å². The van der Waals surface area contributed by atoms with Gasteiger partial charge in [0.1, 0.15) is 0 Å². The lowest BCUT2D eigenvalue weighted by Crippen LogP contribution is -2.01. The Bertz CT molecular complexity index is 4240. The van der Waals surface area contributed by atoms with Gasteiger partial charge in [-0.25, -0.2) is 15.0 Å². The number of hydrogen-bond acceptors (Lipinski definition) is 3. The van der Waals surface area contributed by atoms with Crippen LogP contribution in [0.3, 0.4) is 0 Å². The standard InChI is InChI=1S/C61H37N5/c1-2-14-41(15-3-1)59-62-60(43-28-27-40-26-25-38-13-4-5-17-47(38)52(40)34-43)64-61(63-59)51-21-12-16-39-29-31-46(37-53(39)51)66-57-24-11-8-20-50(57)54-35-44-33-45(32-30-42(44)36-58(54)66)65-55-22-9-6-18-48(55)49-19-7-10-23-56(49)65/h1-37H. The number of rotatable bonds is 5. The van der Waals surface area contributed by atoms with Crippen LogP contribution in [0.25, 0.3) is 132 Å². The predicted molar refractivity (Wildman–Crippen MR) is 275 cm³/mol. The molecule has 5 heteroatoms. The Morgan fingerprint density at radius 2 is 0.758 bits per heavy atom. The third-order valence-corrected chi connectivity index (χ3v) is 13.5. The second-order valence-electron chi connectivity index (χ2n) is 17.2. The van der Waals surface area contributed by atoms with E-state index in [0.29, 0.717) is 17.5 Å². The van der Waals surface area contributed by atoms with Gasteiger partial charge in [0, 0.05) is 49.6 Å². The molecule has 3 aromatic heterocycles. The molecule has 5 nitrogen and oxygen atoms in total. The number of benzene rings is 11. The predicted octanol–water partition coefficient (Wildman–Crippen LogP) is 15.7. The zero-order valence-corrected chi connectivity index (χ0v) is 35.6. The second kappa shape index (κ2) is 14.3. The maximum atomic E-state index is 5.29. The number of hydrogen-bond donors (Lipinski definition) is 0.